The van der Waals surface area contributed by atoms with Crippen LogP contribution in [0.2, 0.25) is 0 Å². The minimum Gasteiger partial charge on any atom is -0.465 e. The number of ether oxygens (including phenoxy) is 1. The molecule has 0 saturated heterocycles. The van der Waals surface area contributed by atoms with Crippen molar-refractivity contribution in [2.45, 2.75) is 52.2 Å². The van der Waals surface area contributed by atoms with E-state index in [0.29, 0.717) is 24.1 Å². The van der Waals surface area contributed by atoms with Crippen LogP contribution in [0.15, 0.2) is 5.16 Å². The van der Waals surface area contributed by atoms with Crippen molar-refractivity contribution in [3.05, 3.63) is 17.0 Å². The zero-order valence-corrected chi connectivity index (χ0v) is 14.6. The lowest BCUT2D eigenvalue weighted by atomic mass is 10.1. The molecule has 0 aliphatic heterocycles. The molecule has 0 aromatic carbocycles. The molecular weight excluding hydrogens is 286 g/mol. The topological polar surface area (TPSA) is 64.1 Å². The van der Waals surface area contributed by atoms with Crippen molar-refractivity contribution in [2.75, 3.05) is 18.9 Å². The van der Waals surface area contributed by atoms with E-state index in [1.165, 1.54) is 11.8 Å². The number of nitrogens with one attached hydrogen (secondary N) is 1. The number of rotatable bonds is 7. The molecule has 0 bridgehead atoms. The molecule has 118 valence electrons. The molecule has 0 aliphatic carbocycles. The highest BCUT2D eigenvalue weighted by molar-refractivity contribution is 7.99. The van der Waals surface area contributed by atoms with Gasteiger partial charge in [-0.3, -0.25) is 4.79 Å². The fourth-order valence-corrected chi connectivity index (χ4v) is 2.92. The van der Waals surface area contributed by atoms with E-state index in [9.17, 15) is 4.79 Å². The molecule has 0 saturated carbocycles. The molecule has 1 aromatic heterocycles. The van der Waals surface area contributed by atoms with E-state index in [4.69, 9.17) is 4.74 Å². The van der Waals surface area contributed by atoms with Crippen molar-refractivity contribution in [2.24, 2.45) is 0 Å². The van der Waals surface area contributed by atoms with E-state index in [2.05, 4.69) is 15.3 Å². The van der Waals surface area contributed by atoms with Crippen LogP contribution < -0.4 is 5.32 Å². The molecular formula is C15H25N3O2S. The maximum atomic E-state index is 12.1. The van der Waals surface area contributed by atoms with Gasteiger partial charge in [-0.1, -0.05) is 18.7 Å². The van der Waals surface area contributed by atoms with Gasteiger partial charge in [-0.2, -0.15) is 0 Å². The van der Waals surface area contributed by atoms with Crippen LogP contribution in [0.1, 0.15) is 37.7 Å². The van der Waals surface area contributed by atoms with Gasteiger partial charge in [-0.25, -0.2) is 9.97 Å². The highest BCUT2D eigenvalue weighted by Gasteiger charge is 2.34. The number of hydrogen-bond acceptors (Lipinski definition) is 6. The lowest BCUT2D eigenvalue weighted by Crippen LogP contribution is -2.52. The summed E-state index contributed by atoms with van der Waals surface area (Å²) in [6, 6.07) is 0. The first-order valence-electron chi connectivity index (χ1n) is 7.21. The summed E-state index contributed by atoms with van der Waals surface area (Å²) in [5.74, 6) is 0.293. The first-order valence-corrected chi connectivity index (χ1v) is 8.19. The van der Waals surface area contributed by atoms with Gasteiger partial charge in [0.05, 0.1) is 6.61 Å². The number of carbonyl (C=O) groups is 1. The SMILES string of the molecule is CCNC(C)(CSc1nc(C)c(C)c(C)n1)C(=O)OCC. The van der Waals surface area contributed by atoms with Gasteiger partial charge in [0.15, 0.2) is 5.16 Å². The van der Waals surface area contributed by atoms with E-state index in [0.717, 1.165) is 17.0 Å². The quantitative estimate of drug-likeness (QED) is 0.474. The standard InChI is InChI=1S/C15H25N3O2S/c1-7-16-15(6,13(19)20-8-2)9-21-14-17-11(4)10(3)12(5)18-14/h16H,7-9H2,1-6H3. The summed E-state index contributed by atoms with van der Waals surface area (Å²) in [4.78, 5) is 21.1. The first-order chi connectivity index (χ1) is 9.84. The molecule has 0 aliphatic rings. The Morgan fingerprint density at radius 3 is 2.29 bits per heavy atom. The molecule has 1 unspecified atom stereocenters. The van der Waals surface area contributed by atoms with Crippen molar-refractivity contribution in [3.8, 4) is 0 Å². The number of nitrogens with zero attached hydrogens (tertiary/aromatic N) is 2. The number of hydrogen-bond donors (Lipinski definition) is 1. The van der Waals surface area contributed by atoms with Crippen molar-refractivity contribution in [1.29, 1.82) is 0 Å². The van der Waals surface area contributed by atoms with E-state index in [1.807, 2.05) is 41.5 Å². The molecule has 0 radical (unpaired) electrons. The number of carbonyl (C=O) groups excluding carboxylic acids is 1. The molecule has 1 rings (SSSR count). The van der Waals surface area contributed by atoms with Crippen LogP contribution in [0.5, 0.6) is 0 Å². The number of aryl methyl sites for hydroxylation is 2. The summed E-state index contributed by atoms with van der Waals surface area (Å²) >= 11 is 1.47. The second-order valence-corrected chi connectivity index (χ2v) is 6.12. The first kappa shape index (κ1) is 17.9. The number of likely N-dealkylation sites (N-methyl/N-ethyl adjacent to an activating group) is 1. The molecule has 1 aromatic rings. The van der Waals surface area contributed by atoms with E-state index < -0.39 is 5.54 Å². The zero-order chi connectivity index (χ0) is 16.0. The molecule has 5 nitrogen and oxygen atoms in total. The van der Waals surface area contributed by atoms with Crippen LogP contribution in [-0.4, -0.2) is 40.4 Å². The Hall–Kier alpha value is -1.14. The normalized spacial score (nSPS) is 13.8. The van der Waals surface area contributed by atoms with Gasteiger partial charge in [-0.15, -0.1) is 0 Å². The third-order valence-electron chi connectivity index (χ3n) is 3.39. The number of esters is 1. The Bertz CT molecular complexity index is 485. The van der Waals surface area contributed by atoms with Crippen LogP contribution >= 0.6 is 11.8 Å². The van der Waals surface area contributed by atoms with Gasteiger partial charge < -0.3 is 10.1 Å². The Balaban J connectivity index is 2.84. The van der Waals surface area contributed by atoms with Gasteiger partial charge >= 0.3 is 5.97 Å². The molecule has 1 N–H and O–H groups in total. The second kappa shape index (κ2) is 7.75. The summed E-state index contributed by atoms with van der Waals surface area (Å²) in [7, 11) is 0. The van der Waals surface area contributed by atoms with E-state index >= 15 is 0 Å². The summed E-state index contributed by atoms with van der Waals surface area (Å²) in [6.45, 7) is 12.7. The Morgan fingerprint density at radius 2 is 1.81 bits per heavy atom. The van der Waals surface area contributed by atoms with Crippen LogP contribution in [-0.2, 0) is 9.53 Å². The maximum absolute atomic E-state index is 12.1. The predicted octanol–water partition coefficient (Wildman–Crippen LogP) is 2.43. The van der Waals surface area contributed by atoms with Gasteiger partial charge in [0.2, 0.25) is 0 Å². The van der Waals surface area contributed by atoms with Crippen molar-refractivity contribution >= 4 is 17.7 Å². The zero-order valence-electron chi connectivity index (χ0n) is 13.7. The second-order valence-electron chi connectivity index (χ2n) is 5.17. The van der Waals surface area contributed by atoms with Crippen molar-refractivity contribution in [1.82, 2.24) is 15.3 Å². The fourth-order valence-electron chi connectivity index (χ4n) is 1.88. The summed E-state index contributed by atoms with van der Waals surface area (Å²) in [6.07, 6.45) is 0. The van der Waals surface area contributed by atoms with Crippen molar-refractivity contribution < 1.29 is 9.53 Å². The Morgan fingerprint density at radius 1 is 1.24 bits per heavy atom. The number of thioether (sulfide) groups is 1. The average molecular weight is 311 g/mol. The molecule has 6 heteroatoms. The van der Waals surface area contributed by atoms with Crippen LogP contribution in [0.25, 0.3) is 0 Å². The summed E-state index contributed by atoms with van der Waals surface area (Å²) < 4.78 is 5.16. The maximum Gasteiger partial charge on any atom is 0.326 e. The Kier molecular flexibility index (Phi) is 6.61. The van der Waals surface area contributed by atoms with Gasteiger partial charge in [-0.05, 0) is 46.7 Å². The predicted molar refractivity (Wildman–Crippen MR) is 85.7 cm³/mol. The molecule has 0 spiro atoms. The number of aromatic nitrogens is 2. The lowest BCUT2D eigenvalue weighted by molar-refractivity contribution is -0.149. The van der Waals surface area contributed by atoms with Gasteiger partial charge in [0.25, 0.3) is 0 Å². The van der Waals surface area contributed by atoms with Crippen LogP contribution in [0.3, 0.4) is 0 Å². The molecule has 0 fully saturated rings. The van der Waals surface area contributed by atoms with E-state index in [-0.39, 0.29) is 5.97 Å². The fraction of sp³-hybridized carbons (Fsp3) is 0.667. The summed E-state index contributed by atoms with van der Waals surface area (Å²) in [5.41, 5.74) is 2.34. The average Bonchev–Trinajstić information content (AvgIpc) is 2.43. The minimum atomic E-state index is -0.731. The highest BCUT2D eigenvalue weighted by Crippen LogP contribution is 2.22. The molecule has 1 heterocycles. The highest BCUT2D eigenvalue weighted by atomic mass is 32.2. The minimum absolute atomic E-state index is 0.236. The monoisotopic (exact) mass is 311 g/mol. The lowest BCUT2D eigenvalue weighted by Gasteiger charge is -2.27. The third kappa shape index (κ3) is 4.68. The van der Waals surface area contributed by atoms with Crippen LogP contribution in [0.4, 0.5) is 0 Å². The van der Waals surface area contributed by atoms with Gasteiger partial charge in [0.1, 0.15) is 5.54 Å². The third-order valence-corrected chi connectivity index (χ3v) is 4.56. The smallest absolute Gasteiger partial charge is 0.326 e. The Labute approximate surface area is 131 Å². The molecule has 0 amide bonds. The van der Waals surface area contributed by atoms with Crippen LogP contribution in [0, 0.1) is 20.8 Å². The molecule has 21 heavy (non-hydrogen) atoms. The van der Waals surface area contributed by atoms with E-state index in [1.54, 1.807) is 0 Å². The summed E-state index contributed by atoms with van der Waals surface area (Å²) in [5, 5.41) is 3.90. The van der Waals surface area contributed by atoms with Gasteiger partial charge in [0, 0.05) is 17.1 Å². The molecule has 1 atom stereocenters. The van der Waals surface area contributed by atoms with Crippen molar-refractivity contribution in [3.63, 3.8) is 0 Å². The largest absolute Gasteiger partial charge is 0.465 e.